The average molecular weight is 191 g/mol. The van der Waals surface area contributed by atoms with E-state index in [-0.39, 0.29) is 5.91 Å². The van der Waals surface area contributed by atoms with E-state index in [1.54, 1.807) is 6.92 Å². The molecule has 0 radical (unpaired) electrons. The molecule has 0 saturated carbocycles. The molecule has 5 heteroatoms. The zero-order valence-corrected chi connectivity index (χ0v) is 7.35. The number of halogens is 2. The molecule has 0 atom stereocenters. The molecule has 0 spiro atoms. The zero-order valence-electron chi connectivity index (χ0n) is 7.35. The van der Waals surface area contributed by atoms with Gasteiger partial charge in [-0.25, -0.2) is 8.78 Å². The molecule has 2 aliphatic heterocycles. The predicted molar refractivity (Wildman–Crippen MR) is 40.5 cm³/mol. The minimum Gasteiger partial charge on any atom is -0.379 e. The lowest BCUT2D eigenvalue weighted by molar-refractivity contribution is -0.194. The maximum Gasteiger partial charge on any atom is 0.282 e. The highest BCUT2D eigenvalue weighted by molar-refractivity contribution is 5.84. The molecular formula is C8H11F2NO2. The minimum atomic E-state index is -2.67. The van der Waals surface area contributed by atoms with E-state index in [0.717, 1.165) is 0 Å². The number of alkyl halides is 2. The van der Waals surface area contributed by atoms with Gasteiger partial charge in [-0.3, -0.25) is 4.79 Å². The number of hydrogen-bond donors (Lipinski definition) is 0. The van der Waals surface area contributed by atoms with Crippen LogP contribution < -0.4 is 0 Å². The van der Waals surface area contributed by atoms with E-state index < -0.39 is 24.4 Å². The van der Waals surface area contributed by atoms with Crippen LogP contribution in [0.25, 0.3) is 0 Å². The lowest BCUT2D eigenvalue weighted by Crippen LogP contribution is -2.64. The van der Waals surface area contributed by atoms with E-state index in [4.69, 9.17) is 4.74 Å². The number of ether oxygens (including phenoxy) is 1. The van der Waals surface area contributed by atoms with Gasteiger partial charge in [0.25, 0.3) is 5.92 Å². The molecule has 0 bridgehead atoms. The second-order valence-electron chi connectivity index (χ2n) is 4.07. The summed E-state index contributed by atoms with van der Waals surface area (Å²) in [4.78, 5) is 12.7. The van der Waals surface area contributed by atoms with E-state index in [1.165, 1.54) is 4.90 Å². The van der Waals surface area contributed by atoms with Crippen LogP contribution in [0.1, 0.15) is 6.92 Å². The van der Waals surface area contributed by atoms with Gasteiger partial charge in [0.15, 0.2) is 0 Å². The first kappa shape index (κ1) is 8.87. The van der Waals surface area contributed by atoms with Gasteiger partial charge in [-0.1, -0.05) is 0 Å². The summed E-state index contributed by atoms with van der Waals surface area (Å²) in [5.74, 6) is -2.87. The summed E-state index contributed by atoms with van der Waals surface area (Å²) in [6.45, 7) is 1.60. The second kappa shape index (κ2) is 2.41. The fraction of sp³-hybridized carbons (Fsp3) is 0.875. The van der Waals surface area contributed by atoms with Gasteiger partial charge in [0, 0.05) is 0 Å². The Bertz CT molecular complexity index is 243. The van der Waals surface area contributed by atoms with Gasteiger partial charge >= 0.3 is 0 Å². The lowest BCUT2D eigenvalue weighted by atomic mass is 9.85. The van der Waals surface area contributed by atoms with Crippen LogP contribution in [-0.2, 0) is 9.53 Å². The highest BCUT2D eigenvalue weighted by atomic mass is 19.3. The Labute approximate surface area is 74.6 Å². The molecule has 0 aromatic carbocycles. The van der Waals surface area contributed by atoms with Crippen LogP contribution in [0.2, 0.25) is 0 Å². The molecule has 0 N–H and O–H groups in total. The fourth-order valence-corrected chi connectivity index (χ4v) is 1.57. The first-order valence-corrected chi connectivity index (χ1v) is 4.18. The molecule has 3 nitrogen and oxygen atoms in total. The zero-order chi connectivity index (χ0) is 9.69. The van der Waals surface area contributed by atoms with Gasteiger partial charge in [-0.15, -0.1) is 0 Å². The van der Waals surface area contributed by atoms with E-state index in [1.807, 2.05) is 0 Å². The third kappa shape index (κ3) is 1.31. The molecule has 74 valence electrons. The number of nitrogens with zero attached hydrogens (tertiary/aromatic N) is 1. The molecule has 0 unspecified atom stereocenters. The van der Waals surface area contributed by atoms with Crippen molar-refractivity contribution in [2.45, 2.75) is 12.8 Å². The van der Waals surface area contributed by atoms with E-state index in [0.29, 0.717) is 13.2 Å². The lowest BCUT2D eigenvalue weighted by Gasteiger charge is -2.46. The Kier molecular flexibility index (Phi) is 1.64. The molecule has 2 fully saturated rings. The standard InChI is InChI=1S/C8H11F2NO2/c1-7(4-13-5-7)6(12)11-2-8(9,10)3-11/h2-5H2,1H3. The fourth-order valence-electron chi connectivity index (χ4n) is 1.57. The topological polar surface area (TPSA) is 29.5 Å². The molecular weight excluding hydrogens is 180 g/mol. The Morgan fingerprint density at radius 2 is 1.92 bits per heavy atom. The predicted octanol–water partition coefficient (Wildman–Crippen LogP) is 0.500. The van der Waals surface area contributed by atoms with Crippen molar-refractivity contribution in [3.05, 3.63) is 0 Å². The van der Waals surface area contributed by atoms with Crippen molar-refractivity contribution < 1.29 is 18.3 Å². The molecule has 2 saturated heterocycles. The Hall–Kier alpha value is -0.710. The van der Waals surface area contributed by atoms with Crippen LogP contribution in [-0.4, -0.2) is 43.0 Å². The maximum atomic E-state index is 12.4. The maximum absolute atomic E-state index is 12.4. The summed E-state index contributed by atoms with van der Waals surface area (Å²) in [6.07, 6.45) is 0. The normalized spacial score (nSPS) is 29.0. The Morgan fingerprint density at radius 3 is 2.23 bits per heavy atom. The van der Waals surface area contributed by atoms with Crippen LogP contribution in [0.5, 0.6) is 0 Å². The molecule has 0 aromatic heterocycles. The molecule has 2 rings (SSSR count). The molecule has 13 heavy (non-hydrogen) atoms. The average Bonchev–Trinajstić information content (AvgIpc) is 1.94. The van der Waals surface area contributed by atoms with Crippen LogP contribution >= 0.6 is 0 Å². The first-order chi connectivity index (χ1) is 5.93. The smallest absolute Gasteiger partial charge is 0.282 e. The number of likely N-dealkylation sites (tertiary alicyclic amines) is 1. The summed E-state index contributed by atoms with van der Waals surface area (Å²) in [6, 6.07) is 0. The first-order valence-electron chi connectivity index (χ1n) is 4.18. The van der Waals surface area contributed by atoms with Gasteiger partial charge in [-0.2, -0.15) is 0 Å². The van der Waals surface area contributed by atoms with Gasteiger partial charge in [0.05, 0.1) is 31.7 Å². The largest absolute Gasteiger partial charge is 0.379 e. The van der Waals surface area contributed by atoms with Crippen molar-refractivity contribution in [1.29, 1.82) is 0 Å². The molecule has 0 aromatic rings. The van der Waals surface area contributed by atoms with E-state index in [2.05, 4.69) is 0 Å². The van der Waals surface area contributed by atoms with Gasteiger partial charge in [0.2, 0.25) is 5.91 Å². The second-order valence-corrected chi connectivity index (χ2v) is 4.07. The van der Waals surface area contributed by atoms with E-state index >= 15 is 0 Å². The van der Waals surface area contributed by atoms with Crippen LogP contribution in [0.3, 0.4) is 0 Å². The number of carbonyl (C=O) groups is 1. The summed E-state index contributed by atoms with van der Waals surface area (Å²) in [5.41, 5.74) is -0.545. The van der Waals surface area contributed by atoms with Crippen LogP contribution in [0.15, 0.2) is 0 Å². The number of hydrogen-bond acceptors (Lipinski definition) is 2. The Morgan fingerprint density at radius 1 is 1.38 bits per heavy atom. The number of amides is 1. The quantitative estimate of drug-likeness (QED) is 0.604. The SMILES string of the molecule is CC1(C(=O)N2CC(F)(F)C2)COC1. The molecule has 1 amide bonds. The van der Waals surface area contributed by atoms with Crippen LogP contribution in [0.4, 0.5) is 8.78 Å². The third-order valence-corrected chi connectivity index (χ3v) is 2.49. The Balaban J connectivity index is 1.93. The van der Waals surface area contributed by atoms with Crippen molar-refractivity contribution >= 4 is 5.91 Å². The van der Waals surface area contributed by atoms with Crippen molar-refractivity contribution in [2.75, 3.05) is 26.3 Å². The summed E-state index contributed by atoms with van der Waals surface area (Å²) in [7, 11) is 0. The summed E-state index contributed by atoms with van der Waals surface area (Å²) >= 11 is 0. The molecule has 2 heterocycles. The number of rotatable bonds is 1. The monoisotopic (exact) mass is 191 g/mol. The molecule has 2 aliphatic rings. The van der Waals surface area contributed by atoms with Crippen LogP contribution in [0, 0.1) is 5.41 Å². The van der Waals surface area contributed by atoms with Crippen molar-refractivity contribution in [3.63, 3.8) is 0 Å². The third-order valence-electron chi connectivity index (χ3n) is 2.49. The summed E-state index contributed by atoms with van der Waals surface area (Å²) in [5, 5.41) is 0. The van der Waals surface area contributed by atoms with Gasteiger partial charge in [-0.05, 0) is 6.92 Å². The summed E-state index contributed by atoms with van der Waals surface area (Å²) < 4.78 is 29.8. The highest BCUT2D eigenvalue weighted by Gasteiger charge is 2.52. The van der Waals surface area contributed by atoms with Crippen molar-refractivity contribution in [1.82, 2.24) is 4.90 Å². The van der Waals surface area contributed by atoms with Crippen molar-refractivity contribution in [2.24, 2.45) is 5.41 Å². The molecule has 0 aliphatic carbocycles. The minimum absolute atomic E-state index is 0.204. The highest BCUT2D eigenvalue weighted by Crippen LogP contribution is 2.34. The van der Waals surface area contributed by atoms with Crippen molar-refractivity contribution in [3.8, 4) is 0 Å². The van der Waals surface area contributed by atoms with Gasteiger partial charge < -0.3 is 9.64 Å². The van der Waals surface area contributed by atoms with E-state index in [9.17, 15) is 13.6 Å². The van der Waals surface area contributed by atoms with Gasteiger partial charge in [0.1, 0.15) is 0 Å². The number of carbonyl (C=O) groups excluding carboxylic acids is 1.